The molecule has 2 N–H and O–H groups in total. The number of esters is 1. The van der Waals surface area contributed by atoms with Crippen LogP contribution in [0.3, 0.4) is 0 Å². The van der Waals surface area contributed by atoms with Gasteiger partial charge in [0.05, 0.1) is 24.1 Å². The van der Waals surface area contributed by atoms with Crippen molar-refractivity contribution in [1.29, 1.82) is 0 Å². The van der Waals surface area contributed by atoms with Gasteiger partial charge >= 0.3 is 5.97 Å². The number of anilines is 1. The molecule has 0 fully saturated rings. The number of rotatable bonds is 6. The molecule has 158 valence electrons. The molecule has 1 aliphatic rings. The first-order valence-electron chi connectivity index (χ1n) is 10.2. The topological polar surface area (TPSA) is 87.7 Å². The van der Waals surface area contributed by atoms with Crippen molar-refractivity contribution in [2.24, 2.45) is 0 Å². The molecule has 2 aromatic carbocycles. The molecule has 4 rings (SSSR count). The molecule has 7 heteroatoms. The lowest BCUT2D eigenvalue weighted by Gasteiger charge is -2.39. The minimum absolute atomic E-state index is 0.157. The van der Waals surface area contributed by atoms with Gasteiger partial charge in [0.25, 0.3) is 0 Å². The van der Waals surface area contributed by atoms with Crippen LogP contribution in [0.5, 0.6) is 0 Å². The number of nitrogens with one attached hydrogen (secondary N) is 1. The number of aliphatic hydroxyl groups is 1. The van der Waals surface area contributed by atoms with Crippen LogP contribution < -0.4 is 4.90 Å². The quantitative estimate of drug-likeness (QED) is 0.480. The van der Waals surface area contributed by atoms with Crippen molar-refractivity contribution < 1.29 is 19.4 Å². The molecule has 1 aromatic heterocycles. The van der Waals surface area contributed by atoms with E-state index in [4.69, 9.17) is 14.5 Å². The first-order chi connectivity index (χ1) is 14.5. The third-order valence-electron chi connectivity index (χ3n) is 5.88. The Hall–Kier alpha value is -2.90. The maximum absolute atomic E-state index is 12.4. The van der Waals surface area contributed by atoms with Gasteiger partial charge in [0, 0.05) is 30.8 Å². The number of ether oxygens (including phenoxy) is 2. The van der Waals surface area contributed by atoms with Crippen molar-refractivity contribution in [3.8, 4) is 0 Å². The van der Waals surface area contributed by atoms with E-state index >= 15 is 0 Å². The molecule has 3 atom stereocenters. The van der Waals surface area contributed by atoms with E-state index in [1.54, 1.807) is 0 Å². The summed E-state index contributed by atoms with van der Waals surface area (Å²) in [5, 5.41) is 10.3. The Balaban J connectivity index is 1.71. The molecule has 0 aliphatic carbocycles. The lowest BCUT2D eigenvalue weighted by molar-refractivity contribution is -0.142. The van der Waals surface area contributed by atoms with Crippen molar-refractivity contribution in [1.82, 2.24) is 9.97 Å². The minimum atomic E-state index is -1.00. The number of nitrogens with zero attached hydrogens (tertiary/aromatic N) is 2. The monoisotopic (exact) mass is 409 g/mol. The van der Waals surface area contributed by atoms with Crippen LogP contribution in [0.4, 0.5) is 5.69 Å². The van der Waals surface area contributed by atoms with E-state index in [1.165, 1.54) is 14.2 Å². The van der Waals surface area contributed by atoms with Gasteiger partial charge in [-0.1, -0.05) is 30.3 Å². The zero-order valence-electron chi connectivity index (χ0n) is 17.5. The molecule has 0 radical (unpaired) electrons. The van der Waals surface area contributed by atoms with Gasteiger partial charge in [0.15, 0.2) is 0 Å². The van der Waals surface area contributed by atoms with Crippen molar-refractivity contribution in [2.75, 3.05) is 19.1 Å². The summed E-state index contributed by atoms with van der Waals surface area (Å²) in [5.74, 6) is 0.0152. The van der Waals surface area contributed by atoms with Gasteiger partial charge in [-0.05, 0) is 37.5 Å². The van der Waals surface area contributed by atoms with E-state index in [2.05, 4.69) is 11.9 Å². The molecule has 1 aliphatic heterocycles. The van der Waals surface area contributed by atoms with Gasteiger partial charge in [0.2, 0.25) is 6.41 Å². The van der Waals surface area contributed by atoms with Gasteiger partial charge in [-0.3, -0.25) is 4.79 Å². The molecule has 0 spiro atoms. The number of aromatic nitrogens is 2. The van der Waals surface area contributed by atoms with Gasteiger partial charge in [-0.25, -0.2) is 4.98 Å². The van der Waals surface area contributed by atoms with E-state index in [1.807, 2.05) is 47.4 Å². The third-order valence-corrected chi connectivity index (χ3v) is 5.88. The summed E-state index contributed by atoms with van der Waals surface area (Å²) in [5.41, 5.74) is 4.70. The van der Waals surface area contributed by atoms with E-state index < -0.39 is 12.3 Å². The van der Waals surface area contributed by atoms with Crippen LogP contribution in [0.2, 0.25) is 0 Å². The number of imidazole rings is 1. The fraction of sp³-hybridized carbons (Fsp3) is 0.391. The van der Waals surface area contributed by atoms with Gasteiger partial charge in [-0.2, -0.15) is 0 Å². The number of H-pyrrole nitrogens is 1. The summed E-state index contributed by atoms with van der Waals surface area (Å²) in [6.07, 6.45) is 1.17. The van der Waals surface area contributed by atoms with Gasteiger partial charge in [0.1, 0.15) is 5.82 Å². The highest BCUT2D eigenvalue weighted by molar-refractivity contribution is 5.86. The van der Waals surface area contributed by atoms with Crippen LogP contribution in [0, 0.1) is 0 Å². The normalized spacial score (nSPS) is 18.1. The fourth-order valence-corrected chi connectivity index (χ4v) is 4.30. The molecule has 0 bridgehead atoms. The predicted octanol–water partition coefficient (Wildman–Crippen LogP) is 3.13. The second kappa shape index (κ2) is 8.45. The maximum Gasteiger partial charge on any atom is 0.313 e. The minimum Gasteiger partial charge on any atom is -0.469 e. The Morgan fingerprint density at radius 1 is 1.27 bits per heavy atom. The summed E-state index contributed by atoms with van der Waals surface area (Å²) in [7, 11) is 2.90. The van der Waals surface area contributed by atoms with E-state index in [9.17, 15) is 9.90 Å². The summed E-state index contributed by atoms with van der Waals surface area (Å²) >= 11 is 0. The standard InChI is InChI=1S/C23H27N3O4/c1-14-9-10-16-19(26(14)23(28)30-3)12-11-18-21(16)25-20(24-18)13-17(22(27)29-2)15-7-5-4-6-8-15/h4-8,11-12,14,17,23,28H,9-10,13H2,1-3H3,(H,24,25)/t14-,17?,23?/m0/s1. The summed E-state index contributed by atoms with van der Waals surface area (Å²) in [4.78, 5) is 22.5. The number of aromatic amines is 1. The molecule has 0 amide bonds. The van der Waals surface area contributed by atoms with Crippen LogP contribution in [-0.4, -0.2) is 47.7 Å². The zero-order chi connectivity index (χ0) is 21.3. The number of carbonyl (C=O) groups excluding carboxylic acids is 1. The van der Waals surface area contributed by atoms with Crippen molar-refractivity contribution >= 4 is 22.7 Å². The highest BCUT2D eigenvalue weighted by Gasteiger charge is 2.30. The predicted molar refractivity (Wildman–Crippen MR) is 114 cm³/mol. The highest BCUT2D eigenvalue weighted by Crippen LogP contribution is 2.36. The van der Waals surface area contributed by atoms with Gasteiger partial charge < -0.3 is 24.5 Å². The number of aryl methyl sites for hydroxylation is 1. The van der Waals surface area contributed by atoms with Crippen LogP contribution in [0.25, 0.3) is 11.0 Å². The van der Waals surface area contributed by atoms with Crippen LogP contribution in [0.1, 0.15) is 36.2 Å². The lowest BCUT2D eigenvalue weighted by Crippen LogP contribution is -2.45. The Morgan fingerprint density at radius 2 is 2.03 bits per heavy atom. The Labute approximate surface area is 175 Å². The molecule has 3 aromatic rings. The zero-order valence-corrected chi connectivity index (χ0v) is 17.5. The Bertz CT molecular complexity index is 1030. The van der Waals surface area contributed by atoms with Crippen molar-refractivity contribution in [2.45, 2.75) is 44.6 Å². The number of benzene rings is 2. The molecule has 7 nitrogen and oxygen atoms in total. The molecule has 2 heterocycles. The summed E-state index contributed by atoms with van der Waals surface area (Å²) in [6.45, 7) is 2.08. The Morgan fingerprint density at radius 3 is 2.73 bits per heavy atom. The number of hydrogen-bond acceptors (Lipinski definition) is 6. The molecule has 2 unspecified atom stereocenters. The third kappa shape index (κ3) is 3.66. The average Bonchev–Trinajstić information content (AvgIpc) is 3.20. The number of aliphatic hydroxyl groups excluding tert-OH is 1. The molecular weight excluding hydrogens is 382 g/mol. The van der Waals surface area contributed by atoms with Crippen LogP contribution in [0.15, 0.2) is 42.5 Å². The first-order valence-corrected chi connectivity index (χ1v) is 10.2. The average molecular weight is 409 g/mol. The molecular formula is C23H27N3O4. The summed E-state index contributed by atoms with van der Waals surface area (Å²) < 4.78 is 10.2. The van der Waals surface area contributed by atoms with Crippen molar-refractivity contribution in [3.63, 3.8) is 0 Å². The number of carbonyl (C=O) groups is 1. The first kappa shape index (κ1) is 20.4. The van der Waals surface area contributed by atoms with Crippen LogP contribution >= 0.6 is 0 Å². The van der Waals surface area contributed by atoms with Crippen LogP contribution in [-0.2, 0) is 27.1 Å². The molecule has 0 saturated heterocycles. The second-order valence-electron chi connectivity index (χ2n) is 7.69. The molecule has 30 heavy (non-hydrogen) atoms. The van der Waals surface area contributed by atoms with Crippen molar-refractivity contribution in [3.05, 3.63) is 59.4 Å². The number of fused-ring (bicyclic) bond motifs is 3. The largest absolute Gasteiger partial charge is 0.469 e. The SMILES string of the molecule is COC(=O)C(Cc1nc2c3c(ccc2[nH]1)N(C(O)OC)[C@@H](C)CC3)c1ccccc1. The number of methoxy groups -OCH3 is 2. The molecule has 0 saturated carbocycles. The highest BCUT2D eigenvalue weighted by atomic mass is 16.6. The summed E-state index contributed by atoms with van der Waals surface area (Å²) in [6, 6.07) is 13.7. The lowest BCUT2D eigenvalue weighted by atomic mass is 9.95. The van der Waals surface area contributed by atoms with E-state index in [0.717, 1.165) is 46.5 Å². The number of hydrogen-bond donors (Lipinski definition) is 2. The fourth-order valence-electron chi connectivity index (χ4n) is 4.30. The smallest absolute Gasteiger partial charge is 0.313 e. The van der Waals surface area contributed by atoms with Gasteiger partial charge in [-0.15, -0.1) is 0 Å². The maximum atomic E-state index is 12.4. The Kier molecular flexibility index (Phi) is 5.74. The second-order valence-corrected chi connectivity index (χ2v) is 7.69. The van der Waals surface area contributed by atoms with E-state index in [0.29, 0.717) is 6.42 Å². The van der Waals surface area contributed by atoms with E-state index in [-0.39, 0.29) is 12.0 Å².